The molecule has 0 saturated heterocycles. The molecular weight excluding hydrogens is 216 g/mol. The maximum Gasteiger partial charge on any atom is 0.0441 e. The van der Waals surface area contributed by atoms with E-state index in [1.165, 1.54) is 32.1 Å². The lowest BCUT2D eigenvalue weighted by atomic mass is 9.50. The van der Waals surface area contributed by atoms with Crippen LogP contribution < -0.4 is 0 Å². The molecule has 0 N–H and O–H groups in total. The summed E-state index contributed by atoms with van der Waals surface area (Å²) >= 11 is 6.22. The summed E-state index contributed by atoms with van der Waals surface area (Å²) in [6.45, 7) is 9.68. The van der Waals surface area contributed by atoms with Crippen molar-refractivity contribution >= 4 is 11.6 Å². The number of alkyl halides is 1. The number of fused-ring (bicyclic) bond motifs is 1. The Kier molecular flexibility index (Phi) is 3.16. The van der Waals surface area contributed by atoms with Crippen LogP contribution in [0, 0.1) is 16.7 Å². The highest BCUT2D eigenvalue weighted by Crippen LogP contribution is 2.59. The summed E-state index contributed by atoms with van der Waals surface area (Å²) in [5.41, 5.74) is 4.04. The van der Waals surface area contributed by atoms with Crippen LogP contribution in [0.2, 0.25) is 0 Å². The zero-order chi connectivity index (χ0) is 12.0. The predicted molar refractivity (Wildman–Crippen MR) is 71.9 cm³/mol. The van der Waals surface area contributed by atoms with E-state index in [2.05, 4.69) is 27.7 Å². The van der Waals surface area contributed by atoms with Crippen molar-refractivity contribution < 1.29 is 0 Å². The third-order valence-corrected chi connectivity index (χ3v) is 5.64. The Balaban J connectivity index is 2.42. The van der Waals surface area contributed by atoms with Crippen molar-refractivity contribution in [2.45, 2.75) is 59.8 Å². The molecule has 0 radical (unpaired) electrons. The summed E-state index contributed by atoms with van der Waals surface area (Å²) in [7, 11) is 0. The molecule has 2 aliphatic rings. The van der Waals surface area contributed by atoms with Crippen LogP contribution in [-0.2, 0) is 0 Å². The topological polar surface area (TPSA) is 0 Å². The van der Waals surface area contributed by atoms with Gasteiger partial charge < -0.3 is 0 Å². The summed E-state index contributed by atoms with van der Waals surface area (Å²) in [5, 5.41) is 0. The Bertz CT molecular complexity index is 313. The van der Waals surface area contributed by atoms with Crippen LogP contribution in [0.4, 0.5) is 0 Å². The van der Waals surface area contributed by atoms with Gasteiger partial charge in [0.1, 0.15) is 0 Å². The van der Waals surface area contributed by atoms with Gasteiger partial charge in [-0.05, 0) is 49.4 Å². The van der Waals surface area contributed by atoms with Crippen LogP contribution in [0.3, 0.4) is 0 Å². The van der Waals surface area contributed by atoms with Gasteiger partial charge in [0, 0.05) is 5.88 Å². The lowest BCUT2D eigenvalue weighted by molar-refractivity contribution is 0.0132. The first kappa shape index (κ1) is 12.5. The fourth-order valence-corrected chi connectivity index (χ4v) is 4.99. The van der Waals surface area contributed by atoms with Gasteiger partial charge in [-0.2, -0.15) is 0 Å². The summed E-state index contributed by atoms with van der Waals surface area (Å²) in [6.07, 6.45) is 6.75. The van der Waals surface area contributed by atoms with Gasteiger partial charge in [0.15, 0.2) is 0 Å². The zero-order valence-electron chi connectivity index (χ0n) is 11.2. The van der Waals surface area contributed by atoms with Crippen LogP contribution in [0.5, 0.6) is 0 Å². The van der Waals surface area contributed by atoms with Crippen LogP contribution in [-0.4, -0.2) is 5.88 Å². The van der Waals surface area contributed by atoms with E-state index in [-0.39, 0.29) is 0 Å². The molecule has 2 rings (SSSR count). The van der Waals surface area contributed by atoms with Gasteiger partial charge in [-0.3, -0.25) is 0 Å². The molecule has 0 aromatic carbocycles. The van der Waals surface area contributed by atoms with Crippen LogP contribution in [0.15, 0.2) is 11.1 Å². The first-order chi connectivity index (χ1) is 7.42. The van der Waals surface area contributed by atoms with E-state index in [1.807, 2.05) is 0 Å². The highest BCUT2D eigenvalue weighted by molar-refractivity contribution is 6.19. The maximum atomic E-state index is 6.22. The first-order valence-electron chi connectivity index (χ1n) is 6.67. The average molecular weight is 241 g/mol. The Morgan fingerprint density at radius 3 is 2.56 bits per heavy atom. The molecule has 0 bridgehead atoms. The molecule has 2 aliphatic carbocycles. The fraction of sp³-hybridized carbons (Fsp3) is 0.867. The normalized spacial score (nSPS) is 38.4. The summed E-state index contributed by atoms with van der Waals surface area (Å²) in [6, 6.07) is 0. The number of allylic oxidation sites excluding steroid dienone is 2. The second kappa shape index (κ2) is 4.05. The summed E-state index contributed by atoms with van der Waals surface area (Å²) in [4.78, 5) is 0. The SMILES string of the molecule is CC1=C(CCl)[C@]2(C)CCCC(C)(C)[C@H]2CC1. The summed E-state index contributed by atoms with van der Waals surface area (Å²) in [5.74, 6) is 1.58. The molecule has 0 spiro atoms. The van der Waals surface area contributed by atoms with E-state index in [1.54, 1.807) is 11.1 Å². The largest absolute Gasteiger partial charge is 0.122 e. The molecule has 0 aromatic heterocycles. The van der Waals surface area contributed by atoms with Gasteiger partial charge in [-0.15, -0.1) is 11.6 Å². The molecule has 0 nitrogen and oxygen atoms in total. The number of rotatable bonds is 1. The quantitative estimate of drug-likeness (QED) is 0.438. The van der Waals surface area contributed by atoms with Crippen molar-refractivity contribution in [3.05, 3.63) is 11.1 Å². The van der Waals surface area contributed by atoms with E-state index in [9.17, 15) is 0 Å². The third kappa shape index (κ3) is 1.74. The third-order valence-electron chi connectivity index (χ3n) is 5.38. The minimum Gasteiger partial charge on any atom is -0.122 e. The van der Waals surface area contributed by atoms with Gasteiger partial charge in [-0.1, -0.05) is 38.3 Å². The molecular formula is C15H25Cl. The Labute approximate surface area is 105 Å². The van der Waals surface area contributed by atoms with Crippen LogP contribution in [0.1, 0.15) is 59.8 Å². The minimum absolute atomic E-state index is 0.395. The molecule has 0 heterocycles. The number of halogens is 1. The lowest BCUT2D eigenvalue weighted by Crippen LogP contribution is -2.45. The molecule has 0 aliphatic heterocycles. The van der Waals surface area contributed by atoms with Crippen molar-refractivity contribution in [1.29, 1.82) is 0 Å². The molecule has 16 heavy (non-hydrogen) atoms. The monoisotopic (exact) mass is 240 g/mol. The van der Waals surface area contributed by atoms with E-state index in [4.69, 9.17) is 11.6 Å². The molecule has 1 heteroatoms. The number of hydrogen-bond acceptors (Lipinski definition) is 0. The standard InChI is InChI=1S/C15H25Cl/c1-11-6-7-13-14(2,3)8-5-9-15(13,4)12(11)10-16/h13H,5-10H2,1-4H3/t13-,15+/m1/s1. The summed E-state index contributed by atoms with van der Waals surface area (Å²) < 4.78 is 0. The second-order valence-electron chi connectivity index (χ2n) is 6.74. The molecule has 0 aromatic rings. The molecule has 1 fully saturated rings. The number of hydrogen-bond donors (Lipinski definition) is 0. The zero-order valence-corrected chi connectivity index (χ0v) is 12.0. The Morgan fingerprint density at radius 2 is 1.94 bits per heavy atom. The van der Waals surface area contributed by atoms with Crippen molar-refractivity contribution in [2.24, 2.45) is 16.7 Å². The van der Waals surface area contributed by atoms with E-state index >= 15 is 0 Å². The highest BCUT2D eigenvalue weighted by Gasteiger charge is 2.49. The molecule has 0 amide bonds. The van der Waals surface area contributed by atoms with Gasteiger partial charge in [0.2, 0.25) is 0 Å². The van der Waals surface area contributed by atoms with Crippen molar-refractivity contribution in [3.63, 3.8) is 0 Å². The molecule has 1 saturated carbocycles. The van der Waals surface area contributed by atoms with Crippen LogP contribution in [0.25, 0.3) is 0 Å². The lowest BCUT2D eigenvalue weighted by Gasteiger charge is -2.55. The van der Waals surface area contributed by atoms with Gasteiger partial charge in [0.25, 0.3) is 0 Å². The fourth-order valence-electron chi connectivity index (χ4n) is 4.46. The molecule has 2 atom stereocenters. The predicted octanol–water partition coefficient (Wildman–Crippen LogP) is 5.17. The van der Waals surface area contributed by atoms with Crippen molar-refractivity contribution in [2.75, 3.05) is 5.88 Å². The maximum absolute atomic E-state index is 6.22. The smallest absolute Gasteiger partial charge is 0.0441 e. The average Bonchev–Trinajstić information content (AvgIpc) is 2.15. The first-order valence-corrected chi connectivity index (χ1v) is 7.20. The van der Waals surface area contributed by atoms with Crippen LogP contribution >= 0.6 is 11.6 Å². The van der Waals surface area contributed by atoms with Crippen molar-refractivity contribution in [3.8, 4) is 0 Å². The minimum atomic E-state index is 0.395. The Hall–Kier alpha value is 0.0300. The highest BCUT2D eigenvalue weighted by atomic mass is 35.5. The molecule has 92 valence electrons. The van der Waals surface area contributed by atoms with Gasteiger partial charge >= 0.3 is 0 Å². The van der Waals surface area contributed by atoms with E-state index in [0.29, 0.717) is 10.8 Å². The van der Waals surface area contributed by atoms with E-state index in [0.717, 1.165) is 11.8 Å². The van der Waals surface area contributed by atoms with Crippen molar-refractivity contribution in [1.82, 2.24) is 0 Å². The second-order valence-corrected chi connectivity index (χ2v) is 7.01. The Morgan fingerprint density at radius 1 is 1.25 bits per heavy atom. The van der Waals surface area contributed by atoms with Gasteiger partial charge in [0.05, 0.1) is 0 Å². The van der Waals surface area contributed by atoms with Gasteiger partial charge in [-0.25, -0.2) is 0 Å². The molecule has 0 unspecified atom stereocenters. The van der Waals surface area contributed by atoms with E-state index < -0.39 is 0 Å².